The summed E-state index contributed by atoms with van der Waals surface area (Å²) in [6, 6.07) is 6.17. The van der Waals surface area contributed by atoms with E-state index in [-0.39, 0.29) is 17.6 Å². The van der Waals surface area contributed by atoms with Crippen LogP contribution in [0.1, 0.15) is 19.4 Å². The zero-order chi connectivity index (χ0) is 16.3. The second kappa shape index (κ2) is 6.35. The summed E-state index contributed by atoms with van der Waals surface area (Å²) in [5.41, 5.74) is -0.138. The predicted molar refractivity (Wildman–Crippen MR) is 83.6 cm³/mol. The molecule has 0 unspecified atom stereocenters. The van der Waals surface area contributed by atoms with Crippen molar-refractivity contribution in [2.45, 2.75) is 25.1 Å². The van der Waals surface area contributed by atoms with Crippen LogP contribution in [-0.2, 0) is 10.5 Å². The third kappa shape index (κ3) is 3.38. The van der Waals surface area contributed by atoms with Gasteiger partial charge in [-0.25, -0.2) is 4.79 Å². The molecular formula is C14H17N3O4S. The molecular weight excluding hydrogens is 306 g/mol. The monoisotopic (exact) mass is 323 g/mol. The van der Waals surface area contributed by atoms with Gasteiger partial charge in [0, 0.05) is 29.7 Å². The number of thioether (sulfide) groups is 1. The van der Waals surface area contributed by atoms with E-state index in [0.717, 1.165) is 0 Å². The van der Waals surface area contributed by atoms with Crippen molar-refractivity contribution in [1.82, 2.24) is 10.2 Å². The predicted octanol–water partition coefficient (Wildman–Crippen LogP) is 2.16. The van der Waals surface area contributed by atoms with E-state index >= 15 is 0 Å². The Labute approximate surface area is 132 Å². The molecule has 118 valence electrons. The lowest BCUT2D eigenvalue weighted by Crippen LogP contribution is -2.40. The van der Waals surface area contributed by atoms with Crippen LogP contribution in [-0.4, -0.2) is 39.6 Å². The van der Waals surface area contributed by atoms with Crippen LogP contribution in [0.5, 0.6) is 0 Å². The zero-order valence-corrected chi connectivity index (χ0v) is 13.2. The summed E-state index contributed by atoms with van der Waals surface area (Å²) >= 11 is 1.45. The first kappa shape index (κ1) is 16.3. The Morgan fingerprint density at radius 2 is 2.00 bits per heavy atom. The smallest absolute Gasteiger partial charge is 0.324 e. The number of benzene rings is 1. The van der Waals surface area contributed by atoms with Gasteiger partial charge >= 0.3 is 6.03 Å². The molecule has 1 N–H and O–H groups in total. The molecule has 1 heterocycles. The van der Waals surface area contributed by atoms with E-state index in [1.807, 2.05) is 0 Å². The third-order valence-corrected chi connectivity index (χ3v) is 4.34. The highest BCUT2D eigenvalue weighted by molar-refractivity contribution is 7.98. The molecule has 0 atom stereocenters. The van der Waals surface area contributed by atoms with Crippen LogP contribution in [0.2, 0.25) is 0 Å². The number of rotatable bonds is 6. The Morgan fingerprint density at radius 3 is 2.59 bits per heavy atom. The summed E-state index contributed by atoms with van der Waals surface area (Å²) in [5.74, 6) is 0.745. The van der Waals surface area contributed by atoms with Gasteiger partial charge in [0.05, 0.1) is 4.92 Å². The molecule has 0 radical (unpaired) electrons. The highest BCUT2D eigenvalue weighted by Gasteiger charge is 2.43. The average molecular weight is 323 g/mol. The van der Waals surface area contributed by atoms with Gasteiger partial charge in [-0.2, -0.15) is 11.8 Å². The molecule has 22 heavy (non-hydrogen) atoms. The van der Waals surface area contributed by atoms with Gasteiger partial charge in [-0.05, 0) is 13.8 Å². The Hall–Kier alpha value is -2.09. The quantitative estimate of drug-likeness (QED) is 0.375. The number of para-hydroxylation sites is 1. The minimum Gasteiger partial charge on any atom is -0.324 e. The lowest BCUT2D eigenvalue weighted by atomic mass is 10.1. The van der Waals surface area contributed by atoms with Gasteiger partial charge in [0.25, 0.3) is 11.6 Å². The molecule has 1 saturated heterocycles. The number of hydrogen-bond acceptors (Lipinski definition) is 5. The highest BCUT2D eigenvalue weighted by atomic mass is 32.2. The maximum absolute atomic E-state index is 12.0. The number of carbonyl (C=O) groups is 2. The molecule has 7 nitrogen and oxygen atoms in total. The second-order valence-electron chi connectivity index (χ2n) is 5.45. The highest BCUT2D eigenvalue weighted by Crippen LogP contribution is 2.23. The van der Waals surface area contributed by atoms with Crippen molar-refractivity contribution in [3.63, 3.8) is 0 Å². The number of nitro benzene ring substituents is 1. The molecule has 1 aromatic rings. The van der Waals surface area contributed by atoms with Crippen LogP contribution in [0, 0.1) is 10.1 Å². The Bertz CT molecular complexity index is 618. The van der Waals surface area contributed by atoms with Crippen molar-refractivity contribution in [3.05, 3.63) is 39.9 Å². The Morgan fingerprint density at radius 1 is 1.32 bits per heavy atom. The van der Waals surface area contributed by atoms with E-state index in [1.165, 1.54) is 22.7 Å². The first-order valence-electron chi connectivity index (χ1n) is 6.77. The van der Waals surface area contributed by atoms with E-state index in [4.69, 9.17) is 0 Å². The van der Waals surface area contributed by atoms with E-state index < -0.39 is 10.5 Å². The van der Waals surface area contributed by atoms with Gasteiger partial charge in [0.2, 0.25) is 0 Å². The van der Waals surface area contributed by atoms with Gasteiger partial charge in [-0.3, -0.25) is 19.8 Å². The first-order valence-corrected chi connectivity index (χ1v) is 7.92. The summed E-state index contributed by atoms with van der Waals surface area (Å²) < 4.78 is 0. The Balaban J connectivity index is 1.87. The molecule has 0 bridgehead atoms. The minimum absolute atomic E-state index is 0.0890. The molecule has 0 spiro atoms. The van der Waals surface area contributed by atoms with Gasteiger partial charge in [0.1, 0.15) is 5.54 Å². The summed E-state index contributed by atoms with van der Waals surface area (Å²) in [6.07, 6.45) is 0. The molecule has 2 rings (SSSR count). The van der Waals surface area contributed by atoms with Gasteiger partial charge in [-0.15, -0.1) is 0 Å². The van der Waals surface area contributed by atoms with E-state index in [9.17, 15) is 19.7 Å². The molecule has 0 saturated carbocycles. The van der Waals surface area contributed by atoms with Crippen LogP contribution in [0.3, 0.4) is 0 Å². The molecule has 8 heteroatoms. The Kier molecular flexibility index (Phi) is 4.70. The van der Waals surface area contributed by atoms with Crippen molar-refractivity contribution in [1.29, 1.82) is 0 Å². The molecule has 1 aromatic carbocycles. The largest absolute Gasteiger partial charge is 0.325 e. The number of amides is 3. The normalized spacial score (nSPS) is 16.7. The first-order chi connectivity index (χ1) is 10.3. The lowest BCUT2D eigenvalue weighted by molar-refractivity contribution is -0.385. The van der Waals surface area contributed by atoms with Crippen LogP contribution < -0.4 is 5.32 Å². The SMILES string of the molecule is CC1(C)NC(=O)N(CCSCc2ccccc2[N+](=O)[O-])C1=O. The third-order valence-electron chi connectivity index (χ3n) is 3.35. The van der Waals surface area contributed by atoms with Crippen LogP contribution in [0.25, 0.3) is 0 Å². The standard InChI is InChI=1S/C14H17N3O4S/c1-14(2)12(18)16(13(19)15-14)7-8-22-9-10-5-3-4-6-11(10)17(20)21/h3-6H,7-9H2,1-2H3,(H,15,19). The number of nitrogens with zero attached hydrogens (tertiary/aromatic N) is 2. The fraction of sp³-hybridized carbons (Fsp3) is 0.429. The summed E-state index contributed by atoms with van der Waals surface area (Å²) in [7, 11) is 0. The van der Waals surface area contributed by atoms with Crippen molar-refractivity contribution >= 4 is 29.4 Å². The van der Waals surface area contributed by atoms with E-state index in [2.05, 4.69) is 5.32 Å². The molecule has 1 aliphatic rings. The molecule has 1 aliphatic heterocycles. The fourth-order valence-corrected chi connectivity index (χ4v) is 3.09. The average Bonchev–Trinajstić information content (AvgIpc) is 2.65. The molecule has 3 amide bonds. The number of urea groups is 1. The van der Waals surface area contributed by atoms with Gasteiger partial charge < -0.3 is 5.32 Å². The maximum Gasteiger partial charge on any atom is 0.325 e. The maximum atomic E-state index is 12.0. The van der Waals surface area contributed by atoms with Gasteiger partial charge in [0.15, 0.2) is 0 Å². The van der Waals surface area contributed by atoms with Crippen LogP contribution in [0.4, 0.5) is 10.5 Å². The van der Waals surface area contributed by atoms with E-state index in [0.29, 0.717) is 23.6 Å². The second-order valence-corrected chi connectivity index (χ2v) is 6.56. The zero-order valence-electron chi connectivity index (χ0n) is 12.4. The topological polar surface area (TPSA) is 92.6 Å². The summed E-state index contributed by atoms with van der Waals surface area (Å²) in [5, 5.41) is 13.5. The lowest BCUT2D eigenvalue weighted by Gasteiger charge is -2.15. The van der Waals surface area contributed by atoms with Crippen molar-refractivity contribution in [2.24, 2.45) is 0 Å². The number of imide groups is 1. The molecule has 1 fully saturated rings. The minimum atomic E-state index is -0.861. The van der Waals surface area contributed by atoms with Crippen molar-refractivity contribution < 1.29 is 14.5 Å². The molecule has 0 aromatic heterocycles. The van der Waals surface area contributed by atoms with Crippen molar-refractivity contribution in [2.75, 3.05) is 12.3 Å². The van der Waals surface area contributed by atoms with Gasteiger partial charge in [-0.1, -0.05) is 18.2 Å². The fourth-order valence-electron chi connectivity index (χ4n) is 2.17. The number of nitrogens with one attached hydrogen (secondary N) is 1. The molecule has 0 aliphatic carbocycles. The number of carbonyl (C=O) groups excluding carboxylic acids is 2. The summed E-state index contributed by atoms with van der Waals surface area (Å²) in [4.78, 5) is 35.4. The van der Waals surface area contributed by atoms with Crippen molar-refractivity contribution in [3.8, 4) is 0 Å². The van der Waals surface area contributed by atoms with E-state index in [1.54, 1.807) is 32.0 Å². The van der Waals surface area contributed by atoms with Crippen LogP contribution >= 0.6 is 11.8 Å². The van der Waals surface area contributed by atoms with Crippen LogP contribution in [0.15, 0.2) is 24.3 Å². The number of nitro groups is 1. The number of hydrogen-bond donors (Lipinski definition) is 1. The summed E-state index contributed by atoms with van der Waals surface area (Å²) in [6.45, 7) is 3.61.